The van der Waals surface area contributed by atoms with E-state index in [-0.39, 0.29) is 35.4 Å². The highest BCUT2D eigenvalue weighted by Gasteiger charge is 2.23. The Morgan fingerprint density at radius 1 is 1.21 bits per heavy atom. The number of nitrogens with zero attached hydrogens (tertiary/aromatic N) is 1. The van der Waals surface area contributed by atoms with E-state index < -0.39 is 34.5 Å². The van der Waals surface area contributed by atoms with Gasteiger partial charge in [-0.05, 0) is 23.8 Å². The summed E-state index contributed by atoms with van der Waals surface area (Å²) < 4.78 is 31.2. The van der Waals surface area contributed by atoms with Gasteiger partial charge in [0.05, 0.1) is 18.5 Å². The molecule has 2 rings (SSSR count). The number of hydrogen-bond acceptors (Lipinski definition) is 5. The Morgan fingerprint density at radius 3 is 2.50 bits per heavy atom. The molecule has 0 radical (unpaired) electrons. The first kappa shape index (κ1) is 20.7. The fourth-order valence-corrected chi connectivity index (χ4v) is 2.54. The van der Waals surface area contributed by atoms with Crippen LogP contribution in [0.5, 0.6) is 5.75 Å². The van der Waals surface area contributed by atoms with Gasteiger partial charge in [-0.3, -0.25) is 14.9 Å². The second kappa shape index (κ2) is 8.89. The molecule has 2 aromatic carbocycles. The Balaban J connectivity index is 2.16. The fraction of sp³-hybridized carbons (Fsp3) is 0.222. The first-order chi connectivity index (χ1) is 13.2. The van der Waals surface area contributed by atoms with Crippen LogP contribution in [0.4, 0.5) is 14.5 Å². The average molecular weight is 394 g/mol. The number of nitrogens with one attached hydrogen (secondary N) is 1. The molecule has 0 aromatic heterocycles. The van der Waals surface area contributed by atoms with Gasteiger partial charge < -0.3 is 15.2 Å². The minimum absolute atomic E-state index is 0.161. The SMILES string of the molecule is COc1ccc([N+](=O)[O-])cc1C[C@@H](NC(=O)Cc1ccc(F)c(F)c1)C(=O)O. The van der Waals surface area contributed by atoms with Crippen molar-refractivity contribution in [3.8, 4) is 5.75 Å². The van der Waals surface area contributed by atoms with Crippen molar-refractivity contribution in [2.45, 2.75) is 18.9 Å². The normalized spacial score (nSPS) is 11.5. The summed E-state index contributed by atoms with van der Waals surface area (Å²) in [6.45, 7) is 0. The number of aliphatic carboxylic acids is 1. The standard InChI is InChI=1S/C18H16F2N2O6/c1-28-16-5-3-12(22(26)27)8-11(16)9-15(18(24)25)21-17(23)7-10-2-4-13(19)14(20)6-10/h2-6,8,15H,7,9H2,1H3,(H,21,23)(H,24,25)/t15-/m1/s1. The molecule has 1 amide bonds. The van der Waals surface area contributed by atoms with Crippen molar-refractivity contribution in [3.63, 3.8) is 0 Å². The zero-order valence-corrected chi connectivity index (χ0v) is 14.6. The summed E-state index contributed by atoms with van der Waals surface area (Å²) in [5.41, 5.74) is 0.124. The topological polar surface area (TPSA) is 119 Å². The monoisotopic (exact) mass is 394 g/mol. The van der Waals surface area contributed by atoms with Gasteiger partial charge in [-0.1, -0.05) is 6.07 Å². The van der Waals surface area contributed by atoms with Crippen LogP contribution < -0.4 is 10.1 Å². The number of rotatable bonds is 8. The summed E-state index contributed by atoms with van der Waals surface area (Å²) in [6, 6.07) is 5.20. The van der Waals surface area contributed by atoms with Crippen LogP contribution in [0.1, 0.15) is 11.1 Å². The number of carboxylic acids is 1. The van der Waals surface area contributed by atoms with E-state index in [0.29, 0.717) is 0 Å². The third-order valence-electron chi connectivity index (χ3n) is 3.88. The minimum Gasteiger partial charge on any atom is -0.496 e. The largest absolute Gasteiger partial charge is 0.496 e. The summed E-state index contributed by atoms with van der Waals surface area (Å²) in [5.74, 6) is -4.06. The summed E-state index contributed by atoms with van der Waals surface area (Å²) in [5, 5.41) is 22.6. The molecule has 0 saturated heterocycles. The van der Waals surface area contributed by atoms with Gasteiger partial charge in [0.2, 0.25) is 5.91 Å². The molecule has 28 heavy (non-hydrogen) atoms. The van der Waals surface area contributed by atoms with E-state index in [1.807, 2.05) is 0 Å². The molecule has 2 aromatic rings. The fourth-order valence-electron chi connectivity index (χ4n) is 2.54. The summed E-state index contributed by atoms with van der Waals surface area (Å²) in [7, 11) is 1.32. The Bertz CT molecular complexity index is 919. The van der Waals surface area contributed by atoms with E-state index in [9.17, 15) is 33.6 Å². The van der Waals surface area contributed by atoms with E-state index in [4.69, 9.17) is 4.74 Å². The summed E-state index contributed by atoms with van der Waals surface area (Å²) in [6.07, 6.45) is -0.642. The third-order valence-corrected chi connectivity index (χ3v) is 3.88. The van der Waals surface area contributed by atoms with Gasteiger partial charge in [0.1, 0.15) is 11.8 Å². The first-order valence-electron chi connectivity index (χ1n) is 7.98. The Hall–Kier alpha value is -3.56. The molecule has 0 heterocycles. The molecule has 0 saturated carbocycles. The number of carboxylic acid groups (broad SMARTS) is 1. The van der Waals surface area contributed by atoms with Gasteiger partial charge in [-0.2, -0.15) is 0 Å². The van der Waals surface area contributed by atoms with Crippen molar-refractivity contribution < 1.29 is 33.1 Å². The van der Waals surface area contributed by atoms with Crippen LogP contribution in [0, 0.1) is 21.7 Å². The lowest BCUT2D eigenvalue weighted by Gasteiger charge is -2.16. The van der Waals surface area contributed by atoms with Gasteiger partial charge in [0.15, 0.2) is 11.6 Å². The molecular weight excluding hydrogens is 378 g/mol. The maximum absolute atomic E-state index is 13.2. The molecule has 148 valence electrons. The van der Waals surface area contributed by atoms with Gasteiger partial charge >= 0.3 is 5.97 Å². The number of nitro groups is 1. The van der Waals surface area contributed by atoms with Crippen molar-refractivity contribution in [3.05, 3.63) is 69.3 Å². The van der Waals surface area contributed by atoms with Gasteiger partial charge in [0.25, 0.3) is 5.69 Å². The third kappa shape index (κ3) is 5.22. The number of amides is 1. The van der Waals surface area contributed by atoms with Crippen LogP contribution >= 0.6 is 0 Å². The number of benzene rings is 2. The summed E-state index contributed by atoms with van der Waals surface area (Å²) >= 11 is 0. The molecule has 0 aliphatic carbocycles. The van der Waals surface area contributed by atoms with Crippen LogP contribution in [-0.2, 0) is 22.4 Å². The van der Waals surface area contributed by atoms with E-state index in [1.54, 1.807) is 0 Å². The molecule has 0 aliphatic heterocycles. The lowest BCUT2D eigenvalue weighted by molar-refractivity contribution is -0.384. The zero-order valence-electron chi connectivity index (χ0n) is 14.6. The van der Waals surface area contributed by atoms with E-state index in [2.05, 4.69) is 5.32 Å². The van der Waals surface area contributed by atoms with Crippen LogP contribution in [0.15, 0.2) is 36.4 Å². The lowest BCUT2D eigenvalue weighted by Crippen LogP contribution is -2.43. The van der Waals surface area contributed by atoms with Gasteiger partial charge in [-0.25, -0.2) is 13.6 Å². The maximum Gasteiger partial charge on any atom is 0.326 e. The van der Waals surface area contributed by atoms with Crippen LogP contribution in [0.25, 0.3) is 0 Å². The highest BCUT2D eigenvalue weighted by Crippen LogP contribution is 2.25. The molecule has 1 atom stereocenters. The quantitative estimate of drug-likeness (QED) is 0.524. The predicted octanol–water partition coefficient (Wildman–Crippen LogP) is 2.24. The smallest absolute Gasteiger partial charge is 0.326 e. The Labute approximate surface area is 157 Å². The van der Waals surface area contributed by atoms with Gasteiger partial charge in [0, 0.05) is 24.1 Å². The van der Waals surface area contributed by atoms with Crippen molar-refractivity contribution in [1.29, 1.82) is 0 Å². The van der Waals surface area contributed by atoms with E-state index >= 15 is 0 Å². The number of nitro benzene ring substituents is 1. The number of carbonyl (C=O) groups excluding carboxylic acids is 1. The van der Waals surface area contributed by atoms with E-state index in [1.165, 1.54) is 25.3 Å². The van der Waals surface area contributed by atoms with Crippen LogP contribution in [0.2, 0.25) is 0 Å². The molecule has 2 N–H and O–H groups in total. The number of non-ortho nitro benzene ring substituents is 1. The number of hydrogen-bond donors (Lipinski definition) is 2. The number of halogens is 2. The molecule has 0 bridgehead atoms. The van der Waals surface area contributed by atoms with Crippen molar-refractivity contribution in [1.82, 2.24) is 5.32 Å². The van der Waals surface area contributed by atoms with E-state index in [0.717, 1.165) is 18.2 Å². The second-order valence-corrected chi connectivity index (χ2v) is 5.84. The molecule has 0 unspecified atom stereocenters. The predicted molar refractivity (Wildman–Crippen MR) is 93.0 cm³/mol. The average Bonchev–Trinajstić information content (AvgIpc) is 2.63. The Kier molecular flexibility index (Phi) is 6.59. The molecule has 8 nitrogen and oxygen atoms in total. The second-order valence-electron chi connectivity index (χ2n) is 5.84. The van der Waals surface area contributed by atoms with Crippen molar-refractivity contribution in [2.75, 3.05) is 7.11 Å². The maximum atomic E-state index is 13.2. The van der Waals surface area contributed by atoms with Crippen molar-refractivity contribution >= 4 is 17.6 Å². The minimum atomic E-state index is -1.41. The first-order valence-corrected chi connectivity index (χ1v) is 7.98. The van der Waals surface area contributed by atoms with Gasteiger partial charge in [-0.15, -0.1) is 0 Å². The molecule has 0 aliphatic rings. The van der Waals surface area contributed by atoms with Crippen LogP contribution in [-0.4, -0.2) is 35.1 Å². The Morgan fingerprint density at radius 2 is 1.93 bits per heavy atom. The molecule has 10 heteroatoms. The molecule has 0 spiro atoms. The molecule has 0 fully saturated rings. The highest BCUT2D eigenvalue weighted by molar-refractivity contribution is 5.85. The lowest BCUT2D eigenvalue weighted by atomic mass is 10.0. The molecular formula is C18H16F2N2O6. The zero-order chi connectivity index (χ0) is 20.8. The number of carbonyl (C=O) groups is 2. The summed E-state index contributed by atoms with van der Waals surface area (Å²) in [4.78, 5) is 33.9. The van der Waals surface area contributed by atoms with Crippen LogP contribution in [0.3, 0.4) is 0 Å². The number of ether oxygens (including phenoxy) is 1. The highest BCUT2D eigenvalue weighted by atomic mass is 19.2. The number of methoxy groups -OCH3 is 1. The van der Waals surface area contributed by atoms with Crippen molar-refractivity contribution in [2.24, 2.45) is 0 Å².